The van der Waals surface area contributed by atoms with Crippen molar-refractivity contribution in [3.05, 3.63) is 0 Å². The minimum absolute atomic E-state index is 0.0546. The first-order valence-electron chi connectivity index (χ1n) is 6.72. The minimum atomic E-state index is -0.935. The van der Waals surface area contributed by atoms with E-state index in [0.29, 0.717) is 19.0 Å². The van der Waals surface area contributed by atoms with Crippen molar-refractivity contribution in [3.63, 3.8) is 0 Å². The Labute approximate surface area is 113 Å². The lowest BCUT2D eigenvalue weighted by Gasteiger charge is -2.21. The molecule has 0 radical (unpaired) electrons. The monoisotopic (exact) mass is 270 g/mol. The van der Waals surface area contributed by atoms with Crippen LogP contribution in [-0.4, -0.2) is 41.0 Å². The van der Waals surface area contributed by atoms with E-state index in [4.69, 9.17) is 5.11 Å². The molecule has 0 heterocycles. The molecule has 1 atom stereocenters. The van der Waals surface area contributed by atoms with E-state index in [2.05, 4.69) is 5.32 Å². The number of hydrogen-bond donors (Lipinski definition) is 2. The van der Waals surface area contributed by atoms with Gasteiger partial charge in [-0.15, -0.1) is 0 Å². The van der Waals surface area contributed by atoms with Gasteiger partial charge >= 0.3 is 12.0 Å². The van der Waals surface area contributed by atoms with Gasteiger partial charge in [0, 0.05) is 25.9 Å². The maximum absolute atomic E-state index is 11.8. The Morgan fingerprint density at radius 2 is 1.95 bits per heavy atom. The summed E-state index contributed by atoms with van der Waals surface area (Å²) in [7, 11) is 0. The lowest BCUT2D eigenvalue weighted by Crippen LogP contribution is -2.44. The van der Waals surface area contributed by atoms with E-state index in [1.165, 1.54) is 0 Å². The van der Waals surface area contributed by atoms with Crippen LogP contribution in [0.1, 0.15) is 39.5 Å². The number of amides is 3. The molecule has 1 fully saturated rings. The van der Waals surface area contributed by atoms with Crippen LogP contribution in [0.5, 0.6) is 0 Å². The predicted octanol–water partition coefficient (Wildman–Crippen LogP) is 1.46. The minimum Gasteiger partial charge on any atom is -0.481 e. The zero-order valence-electron chi connectivity index (χ0n) is 11.5. The quantitative estimate of drug-likeness (QED) is 0.733. The smallest absolute Gasteiger partial charge is 0.324 e. The molecule has 6 heteroatoms. The van der Waals surface area contributed by atoms with Gasteiger partial charge < -0.3 is 10.0 Å². The molecule has 1 aliphatic carbocycles. The third-order valence-corrected chi connectivity index (χ3v) is 3.15. The molecule has 2 N–H and O–H groups in total. The second-order valence-corrected chi connectivity index (χ2v) is 5.24. The Morgan fingerprint density at radius 3 is 2.42 bits per heavy atom. The van der Waals surface area contributed by atoms with Crippen LogP contribution >= 0.6 is 0 Å². The van der Waals surface area contributed by atoms with Crippen molar-refractivity contribution in [1.82, 2.24) is 10.2 Å². The number of hydrogen-bond acceptors (Lipinski definition) is 3. The molecular weight excluding hydrogens is 248 g/mol. The van der Waals surface area contributed by atoms with Crippen molar-refractivity contribution < 1.29 is 19.5 Å². The number of aliphatic carboxylic acids is 1. The standard InChI is InChI=1S/C13H22N2O4/c1-3-15(8-10-4-5-10)13(19)14-11(16)6-9(2)7-12(17)18/h9-10H,3-8H2,1-2H3,(H,17,18)(H,14,16,19). The Bertz CT molecular complexity index is 353. The molecule has 108 valence electrons. The summed E-state index contributed by atoms with van der Waals surface area (Å²) in [6, 6.07) is -0.373. The average Bonchev–Trinajstić information content (AvgIpc) is 3.07. The van der Waals surface area contributed by atoms with Gasteiger partial charge in [0.2, 0.25) is 5.91 Å². The van der Waals surface area contributed by atoms with Crippen LogP contribution in [0.15, 0.2) is 0 Å². The van der Waals surface area contributed by atoms with Crippen LogP contribution in [0.3, 0.4) is 0 Å². The summed E-state index contributed by atoms with van der Waals surface area (Å²) in [6.45, 7) is 4.82. The fourth-order valence-electron chi connectivity index (χ4n) is 1.90. The van der Waals surface area contributed by atoms with E-state index < -0.39 is 11.9 Å². The van der Waals surface area contributed by atoms with Crippen LogP contribution in [0.2, 0.25) is 0 Å². The van der Waals surface area contributed by atoms with Crippen molar-refractivity contribution >= 4 is 17.9 Å². The Hall–Kier alpha value is -1.59. The molecule has 1 unspecified atom stereocenters. The number of carbonyl (C=O) groups is 3. The van der Waals surface area contributed by atoms with E-state index in [1.54, 1.807) is 11.8 Å². The molecule has 0 aliphatic heterocycles. The fraction of sp³-hybridized carbons (Fsp3) is 0.769. The fourth-order valence-corrected chi connectivity index (χ4v) is 1.90. The summed E-state index contributed by atoms with van der Waals surface area (Å²) in [5.41, 5.74) is 0. The van der Waals surface area contributed by atoms with Crippen molar-refractivity contribution in [2.75, 3.05) is 13.1 Å². The second kappa shape index (κ2) is 7.11. The van der Waals surface area contributed by atoms with Crippen molar-refractivity contribution in [3.8, 4) is 0 Å². The molecule has 0 saturated heterocycles. The number of urea groups is 1. The third-order valence-electron chi connectivity index (χ3n) is 3.15. The molecule has 1 rings (SSSR count). The van der Waals surface area contributed by atoms with Crippen LogP contribution in [0.25, 0.3) is 0 Å². The van der Waals surface area contributed by atoms with Crippen LogP contribution in [0.4, 0.5) is 4.79 Å². The van der Waals surface area contributed by atoms with Gasteiger partial charge in [-0.2, -0.15) is 0 Å². The van der Waals surface area contributed by atoms with E-state index >= 15 is 0 Å². The van der Waals surface area contributed by atoms with Gasteiger partial charge in [0.15, 0.2) is 0 Å². The Kier molecular flexibility index (Phi) is 5.79. The maximum Gasteiger partial charge on any atom is 0.324 e. The summed E-state index contributed by atoms with van der Waals surface area (Å²) in [4.78, 5) is 35.6. The van der Waals surface area contributed by atoms with Gasteiger partial charge in [-0.05, 0) is 31.6 Å². The summed E-state index contributed by atoms with van der Waals surface area (Å²) in [5.74, 6) is -1.04. The normalized spacial score (nSPS) is 15.7. The number of nitrogens with one attached hydrogen (secondary N) is 1. The molecule has 1 saturated carbocycles. The molecule has 0 bridgehead atoms. The highest BCUT2D eigenvalue weighted by molar-refractivity contribution is 5.94. The third kappa shape index (κ3) is 6.22. The Balaban J connectivity index is 2.32. The zero-order chi connectivity index (χ0) is 14.4. The molecule has 0 aromatic rings. The molecule has 0 aromatic heterocycles. The van der Waals surface area contributed by atoms with Gasteiger partial charge in [0.05, 0.1) is 0 Å². The molecule has 1 aliphatic rings. The van der Waals surface area contributed by atoms with Crippen LogP contribution in [-0.2, 0) is 9.59 Å². The SMILES string of the molecule is CCN(CC1CC1)C(=O)NC(=O)CC(C)CC(=O)O. The van der Waals surface area contributed by atoms with Gasteiger partial charge in [-0.3, -0.25) is 14.9 Å². The molecule has 3 amide bonds. The molecular formula is C13H22N2O4. The van der Waals surface area contributed by atoms with E-state index in [-0.39, 0.29) is 24.8 Å². The summed E-state index contributed by atoms with van der Waals surface area (Å²) < 4.78 is 0. The lowest BCUT2D eigenvalue weighted by molar-refractivity contribution is -0.138. The van der Waals surface area contributed by atoms with Crippen LogP contribution in [0, 0.1) is 11.8 Å². The maximum atomic E-state index is 11.8. The lowest BCUT2D eigenvalue weighted by atomic mass is 10.0. The highest BCUT2D eigenvalue weighted by Crippen LogP contribution is 2.29. The van der Waals surface area contributed by atoms with E-state index in [0.717, 1.165) is 12.8 Å². The number of carboxylic acid groups (broad SMARTS) is 1. The van der Waals surface area contributed by atoms with Gasteiger partial charge in [0.25, 0.3) is 0 Å². The average molecular weight is 270 g/mol. The molecule has 0 aromatic carbocycles. The highest BCUT2D eigenvalue weighted by atomic mass is 16.4. The second-order valence-electron chi connectivity index (χ2n) is 5.24. The first kappa shape index (κ1) is 15.5. The number of nitrogens with zero attached hydrogens (tertiary/aromatic N) is 1. The largest absolute Gasteiger partial charge is 0.481 e. The number of imide groups is 1. The molecule has 6 nitrogen and oxygen atoms in total. The van der Waals surface area contributed by atoms with Crippen molar-refractivity contribution in [1.29, 1.82) is 0 Å². The van der Waals surface area contributed by atoms with Crippen LogP contribution < -0.4 is 5.32 Å². The number of carboxylic acids is 1. The topological polar surface area (TPSA) is 86.7 Å². The first-order chi connectivity index (χ1) is 8.92. The summed E-state index contributed by atoms with van der Waals surface area (Å²) >= 11 is 0. The number of carbonyl (C=O) groups excluding carboxylic acids is 2. The zero-order valence-corrected chi connectivity index (χ0v) is 11.5. The van der Waals surface area contributed by atoms with Gasteiger partial charge in [0.1, 0.15) is 0 Å². The number of rotatable bonds is 7. The summed E-state index contributed by atoms with van der Waals surface area (Å²) in [6.07, 6.45) is 2.28. The predicted molar refractivity (Wildman–Crippen MR) is 69.5 cm³/mol. The van der Waals surface area contributed by atoms with Gasteiger partial charge in [-0.1, -0.05) is 6.92 Å². The first-order valence-corrected chi connectivity index (χ1v) is 6.72. The van der Waals surface area contributed by atoms with E-state index in [1.807, 2.05) is 6.92 Å². The van der Waals surface area contributed by atoms with Crippen molar-refractivity contribution in [2.45, 2.75) is 39.5 Å². The molecule has 19 heavy (non-hydrogen) atoms. The van der Waals surface area contributed by atoms with Gasteiger partial charge in [-0.25, -0.2) is 4.79 Å². The highest BCUT2D eigenvalue weighted by Gasteiger charge is 2.26. The summed E-state index contributed by atoms with van der Waals surface area (Å²) in [5, 5.41) is 10.9. The molecule has 0 spiro atoms. The van der Waals surface area contributed by atoms with E-state index in [9.17, 15) is 14.4 Å². The Morgan fingerprint density at radius 1 is 1.32 bits per heavy atom. The van der Waals surface area contributed by atoms with Crippen molar-refractivity contribution in [2.24, 2.45) is 11.8 Å².